The summed E-state index contributed by atoms with van der Waals surface area (Å²) >= 11 is 0. The van der Waals surface area contributed by atoms with E-state index in [2.05, 4.69) is 20.1 Å². The van der Waals surface area contributed by atoms with E-state index in [1.807, 2.05) is 12.1 Å². The molecule has 1 atom stereocenters. The molecule has 2 aromatic heterocycles. The number of nitrogens with one attached hydrogen (secondary N) is 1. The number of halogens is 1. The van der Waals surface area contributed by atoms with Crippen LogP contribution in [-0.4, -0.2) is 44.3 Å². The number of hydrogen-bond donors (Lipinski definition) is 2. The molecule has 2 N–H and O–H groups in total. The Balaban J connectivity index is 1.18. The van der Waals surface area contributed by atoms with Crippen molar-refractivity contribution in [1.82, 2.24) is 20.2 Å². The zero-order valence-electron chi connectivity index (χ0n) is 19.9. The zero-order valence-corrected chi connectivity index (χ0v) is 19.9. The van der Waals surface area contributed by atoms with Gasteiger partial charge >= 0.3 is 5.97 Å². The summed E-state index contributed by atoms with van der Waals surface area (Å²) in [5.41, 5.74) is 1.47. The molecule has 3 heterocycles. The van der Waals surface area contributed by atoms with Gasteiger partial charge in [0, 0.05) is 36.8 Å². The van der Waals surface area contributed by atoms with Crippen molar-refractivity contribution in [3.63, 3.8) is 0 Å². The fourth-order valence-electron chi connectivity index (χ4n) is 5.79. The summed E-state index contributed by atoms with van der Waals surface area (Å²) < 4.78 is 13.5. The number of rotatable bonds is 6. The van der Waals surface area contributed by atoms with E-state index in [1.54, 1.807) is 18.3 Å². The summed E-state index contributed by atoms with van der Waals surface area (Å²) in [5.74, 6) is 2.89. The average Bonchev–Trinajstić information content (AvgIpc) is 3.23. The number of carboxylic acids is 1. The van der Waals surface area contributed by atoms with Crippen LogP contribution in [0.25, 0.3) is 22.8 Å². The largest absolute Gasteiger partial charge is 0.481 e. The number of aromatic amines is 1. The minimum atomic E-state index is -0.660. The van der Waals surface area contributed by atoms with Gasteiger partial charge < -0.3 is 10.0 Å². The maximum Gasteiger partial charge on any atom is 0.303 e. The van der Waals surface area contributed by atoms with Crippen molar-refractivity contribution in [2.75, 3.05) is 18.0 Å². The van der Waals surface area contributed by atoms with Gasteiger partial charge in [0.1, 0.15) is 11.6 Å². The fourth-order valence-corrected chi connectivity index (χ4v) is 5.79. The van der Waals surface area contributed by atoms with Crippen molar-refractivity contribution < 1.29 is 14.3 Å². The number of benzene rings is 1. The van der Waals surface area contributed by atoms with Crippen LogP contribution in [0.1, 0.15) is 51.4 Å². The molecule has 8 heteroatoms. The minimum Gasteiger partial charge on any atom is -0.481 e. The number of aliphatic carboxylic acids is 1. The Morgan fingerprint density at radius 1 is 1.03 bits per heavy atom. The second-order valence-corrected chi connectivity index (χ2v) is 9.98. The second-order valence-electron chi connectivity index (χ2n) is 9.98. The van der Waals surface area contributed by atoms with Gasteiger partial charge in [-0.1, -0.05) is 12.1 Å². The highest BCUT2D eigenvalue weighted by Gasteiger charge is 2.30. The minimum absolute atomic E-state index is 0.308. The predicted molar refractivity (Wildman–Crippen MR) is 132 cm³/mol. The normalized spacial score (nSPS) is 23.1. The molecule has 2 fully saturated rings. The number of anilines is 1. The Labute approximate surface area is 204 Å². The first-order valence-corrected chi connectivity index (χ1v) is 12.7. The molecule has 2 aliphatic rings. The molecule has 1 saturated carbocycles. The maximum absolute atomic E-state index is 13.5. The van der Waals surface area contributed by atoms with Gasteiger partial charge in [-0.15, -0.1) is 0 Å². The molecule has 0 amide bonds. The predicted octanol–water partition coefficient (Wildman–Crippen LogP) is 5.56. The van der Waals surface area contributed by atoms with E-state index in [0.717, 1.165) is 62.0 Å². The van der Waals surface area contributed by atoms with Crippen LogP contribution in [0.2, 0.25) is 0 Å². The summed E-state index contributed by atoms with van der Waals surface area (Å²) in [4.78, 5) is 22.6. The number of nitrogens with zero attached hydrogens (tertiary/aromatic N) is 4. The van der Waals surface area contributed by atoms with Crippen LogP contribution in [0.3, 0.4) is 0 Å². The van der Waals surface area contributed by atoms with Gasteiger partial charge in [0.2, 0.25) is 0 Å². The molecule has 3 aromatic rings. The highest BCUT2D eigenvalue weighted by molar-refractivity contribution is 5.67. The van der Waals surface area contributed by atoms with E-state index in [-0.39, 0.29) is 5.82 Å². The fraction of sp³-hybridized carbons (Fsp3) is 0.481. The Bertz CT molecular complexity index is 1140. The van der Waals surface area contributed by atoms with Gasteiger partial charge in [-0.2, -0.15) is 5.10 Å². The lowest BCUT2D eigenvalue weighted by molar-refractivity contribution is -0.138. The lowest BCUT2D eigenvalue weighted by atomic mass is 9.73. The quantitative estimate of drug-likeness (QED) is 0.483. The molecular weight excluding hydrogens is 445 g/mol. The molecule has 1 aliphatic heterocycles. The smallest absolute Gasteiger partial charge is 0.303 e. The Kier molecular flexibility index (Phi) is 7.06. The van der Waals surface area contributed by atoms with Crippen LogP contribution in [-0.2, 0) is 4.79 Å². The van der Waals surface area contributed by atoms with Crippen LogP contribution < -0.4 is 4.90 Å². The lowest BCUT2D eigenvalue weighted by Gasteiger charge is -2.33. The number of aromatic nitrogens is 4. The number of H-pyrrole nitrogens is 1. The molecule has 184 valence electrons. The Hall–Kier alpha value is -3.29. The van der Waals surface area contributed by atoms with Crippen molar-refractivity contribution in [3.8, 4) is 22.8 Å². The molecule has 7 nitrogen and oxygen atoms in total. The summed E-state index contributed by atoms with van der Waals surface area (Å²) in [6.45, 7) is 2.00. The van der Waals surface area contributed by atoms with Gasteiger partial charge in [-0.3, -0.25) is 9.89 Å². The standard InChI is InChI=1S/C27H32FN5O2/c28-23-5-1-3-21(16-23)26-30-27(32-31-26)22-10-11-24(29-17-22)33-13-2-4-19(12-14-33)20-8-6-18(7-9-20)15-25(34)35/h1,3,5,10-11,16-20H,2,4,6-9,12-15H2,(H,34,35)(H,30,31,32). The molecular formula is C27H32FN5O2. The first kappa shape index (κ1) is 23.5. The molecule has 0 bridgehead atoms. The molecule has 1 unspecified atom stereocenters. The molecule has 1 aromatic carbocycles. The van der Waals surface area contributed by atoms with E-state index >= 15 is 0 Å². The molecule has 1 saturated heterocycles. The second kappa shape index (κ2) is 10.5. The monoisotopic (exact) mass is 477 g/mol. The first-order chi connectivity index (χ1) is 17.0. The van der Waals surface area contributed by atoms with Crippen LogP contribution in [0.4, 0.5) is 10.2 Å². The van der Waals surface area contributed by atoms with Crippen molar-refractivity contribution >= 4 is 11.8 Å². The van der Waals surface area contributed by atoms with Gasteiger partial charge in [-0.25, -0.2) is 14.4 Å². The highest BCUT2D eigenvalue weighted by atomic mass is 19.1. The third-order valence-corrected chi connectivity index (χ3v) is 7.71. The van der Waals surface area contributed by atoms with E-state index < -0.39 is 5.97 Å². The third-order valence-electron chi connectivity index (χ3n) is 7.71. The summed E-state index contributed by atoms with van der Waals surface area (Å²) in [7, 11) is 0. The third kappa shape index (κ3) is 5.69. The SMILES string of the molecule is O=C(O)CC1CCC(C2CCCN(c3ccc(-c4n[nH]c(-c5cccc(F)c5)n4)cn3)CC2)CC1. The molecule has 1 aliphatic carbocycles. The molecule has 5 rings (SSSR count). The number of hydrogen-bond acceptors (Lipinski definition) is 5. The topological polar surface area (TPSA) is 95.0 Å². The van der Waals surface area contributed by atoms with E-state index in [0.29, 0.717) is 29.6 Å². The lowest BCUT2D eigenvalue weighted by Crippen LogP contribution is -2.26. The van der Waals surface area contributed by atoms with Gasteiger partial charge in [0.25, 0.3) is 0 Å². The Morgan fingerprint density at radius 3 is 2.60 bits per heavy atom. The van der Waals surface area contributed by atoms with Crippen LogP contribution in [0, 0.1) is 23.6 Å². The van der Waals surface area contributed by atoms with Crippen LogP contribution in [0.15, 0.2) is 42.6 Å². The van der Waals surface area contributed by atoms with E-state index in [1.165, 1.54) is 31.4 Å². The summed E-state index contributed by atoms with van der Waals surface area (Å²) in [5, 5.41) is 16.2. The van der Waals surface area contributed by atoms with Crippen LogP contribution in [0.5, 0.6) is 0 Å². The summed E-state index contributed by atoms with van der Waals surface area (Å²) in [6.07, 6.45) is 10.1. The Morgan fingerprint density at radius 2 is 1.86 bits per heavy atom. The average molecular weight is 478 g/mol. The number of carboxylic acid groups (broad SMARTS) is 1. The first-order valence-electron chi connectivity index (χ1n) is 12.7. The molecule has 35 heavy (non-hydrogen) atoms. The molecule has 0 spiro atoms. The van der Waals surface area contributed by atoms with Crippen molar-refractivity contribution in [1.29, 1.82) is 0 Å². The highest BCUT2D eigenvalue weighted by Crippen LogP contribution is 2.39. The van der Waals surface area contributed by atoms with Crippen molar-refractivity contribution in [2.24, 2.45) is 17.8 Å². The number of pyridine rings is 1. The summed E-state index contributed by atoms with van der Waals surface area (Å²) in [6, 6.07) is 10.3. The van der Waals surface area contributed by atoms with E-state index in [9.17, 15) is 9.18 Å². The van der Waals surface area contributed by atoms with E-state index in [4.69, 9.17) is 10.1 Å². The van der Waals surface area contributed by atoms with Gasteiger partial charge in [0.05, 0.1) is 0 Å². The molecule has 0 radical (unpaired) electrons. The number of carbonyl (C=O) groups is 1. The van der Waals surface area contributed by atoms with Crippen LogP contribution >= 0.6 is 0 Å². The van der Waals surface area contributed by atoms with Crippen molar-refractivity contribution in [2.45, 2.75) is 51.4 Å². The van der Waals surface area contributed by atoms with Gasteiger partial charge in [0.15, 0.2) is 11.6 Å². The van der Waals surface area contributed by atoms with Crippen molar-refractivity contribution in [3.05, 3.63) is 48.4 Å². The maximum atomic E-state index is 13.5. The van der Waals surface area contributed by atoms with Gasteiger partial charge in [-0.05, 0) is 87.0 Å². The zero-order chi connectivity index (χ0) is 24.2.